The molecule has 0 saturated heterocycles. The highest BCUT2D eigenvalue weighted by atomic mass is 19.1. The number of rotatable bonds is 1. The van der Waals surface area contributed by atoms with Crippen LogP contribution in [0, 0.1) is 5.82 Å². The zero-order chi connectivity index (χ0) is 10.1. The molecular weight excluding hydrogens is 181 g/mol. The third kappa shape index (κ3) is 1.44. The molecular formula is C10H10FN3. The standard InChI is InChI=1S/C10H10FN3/c1-6(12)10-8-4-7(11)2-3-9(8)13-5-14-10/h2-6H,12H2,1H3. The fourth-order valence-corrected chi connectivity index (χ4v) is 1.41. The number of halogens is 1. The van der Waals surface area contributed by atoms with Crippen molar-refractivity contribution in [2.75, 3.05) is 0 Å². The number of hydrogen-bond donors (Lipinski definition) is 1. The summed E-state index contributed by atoms with van der Waals surface area (Å²) in [7, 11) is 0. The van der Waals surface area contributed by atoms with Crippen LogP contribution in [0.15, 0.2) is 24.5 Å². The van der Waals surface area contributed by atoms with Crippen molar-refractivity contribution in [1.82, 2.24) is 9.97 Å². The van der Waals surface area contributed by atoms with E-state index in [1.54, 1.807) is 6.07 Å². The number of fused-ring (bicyclic) bond motifs is 1. The van der Waals surface area contributed by atoms with Crippen molar-refractivity contribution in [3.8, 4) is 0 Å². The number of nitrogens with zero attached hydrogens (tertiary/aromatic N) is 2. The fraction of sp³-hybridized carbons (Fsp3) is 0.200. The van der Waals surface area contributed by atoms with Gasteiger partial charge in [0.2, 0.25) is 0 Å². The maximum absolute atomic E-state index is 13.0. The van der Waals surface area contributed by atoms with Gasteiger partial charge in [-0.05, 0) is 25.1 Å². The van der Waals surface area contributed by atoms with Gasteiger partial charge in [-0.1, -0.05) is 0 Å². The van der Waals surface area contributed by atoms with E-state index >= 15 is 0 Å². The summed E-state index contributed by atoms with van der Waals surface area (Å²) in [5.41, 5.74) is 7.11. The highest BCUT2D eigenvalue weighted by molar-refractivity contribution is 5.80. The van der Waals surface area contributed by atoms with Gasteiger partial charge in [0, 0.05) is 11.4 Å². The molecule has 3 nitrogen and oxygen atoms in total. The molecule has 0 radical (unpaired) electrons. The van der Waals surface area contributed by atoms with Gasteiger partial charge in [0.05, 0.1) is 11.2 Å². The lowest BCUT2D eigenvalue weighted by molar-refractivity contribution is 0.629. The zero-order valence-electron chi connectivity index (χ0n) is 7.74. The Morgan fingerprint density at radius 1 is 1.36 bits per heavy atom. The molecule has 14 heavy (non-hydrogen) atoms. The first-order valence-corrected chi connectivity index (χ1v) is 4.34. The van der Waals surface area contributed by atoms with Crippen molar-refractivity contribution < 1.29 is 4.39 Å². The van der Waals surface area contributed by atoms with Gasteiger partial charge in [-0.25, -0.2) is 14.4 Å². The SMILES string of the molecule is CC(N)c1ncnc2ccc(F)cc12. The van der Waals surface area contributed by atoms with E-state index in [-0.39, 0.29) is 11.9 Å². The lowest BCUT2D eigenvalue weighted by Gasteiger charge is -2.07. The summed E-state index contributed by atoms with van der Waals surface area (Å²) in [6.45, 7) is 1.81. The van der Waals surface area contributed by atoms with Gasteiger partial charge in [-0.15, -0.1) is 0 Å². The summed E-state index contributed by atoms with van der Waals surface area (Å²) in [6, 6.07) is 4.19. The Morgan fingerprint density at radius 2 is 2.14 bits per heavy atom. The van der Waals surface area contributed by atoms with E-state index in [2.05, 4.69) is 9.97 Å². The van der Waals surface area contributed by atoms with Crippen LogP contribution in [-0.2, 0) is 0 Å². The monoisotopic (exact) mass is 191 g/mol. The van der Waals surface area contributed by atoms with E-state index in [0.717, 1.165) is 0 Å². The van der Waals surface area contributed by atoms with E-state index in [4.69, 9.17) is 5.73 Å². The van der Waals surface area contributed by atoms with Crippen LogP contribution < -0.4 is 5.73 Å². The number of aromatic nitrogens is 2. The summed E-state index contributed by atoms with van der Waals surface area (Å²) in [6.07, 6.45) is 1.44. The molecule has 0 spiro atoms. The molecule has 1 aromatic carbocycles. The van der Waals surface area contributed by atoms with Crippen LogP contribution in [0.2, 0.25) is 0 Å². The van der Waals surface area contributed by atoms with E-state index < -0.39 is 0 Å². The normalized spacial score (nSPS) is 13.1. The highest BCUT2D eigenvalue weighted by Gasteiger charge is 2.07. The molecule has 1 heterocycles. The van der Waals surface area contributed by atoms with Crippen LogP contribution in [0.3, 0.4) is 0 Å². The van der Waals surface area contributed by atoms with Crippen molar-refractivity contribution >= 4 is 10.9 Å². The number of benzene rings is 1. The largest absolute Gasteiger partial charge is 0.323 e. The van der Waals surface area contributed by atoms with Gasteiger partial charge in [0.15, 0.2) is 0 Å². The van der Waals surface area contributed by atoms with Crippen LogP contribution >= 0.6 is 0 Å². The third-order valence-electron chi connectivity index (χ3n) is 2.06. The van der Waals surface area contributed by atoms with Gasteiger partial charge < -0.3 is 5.73 Å². The first kappa shape index (κ1) is 9.02. The first-order valence-electron chi connectivity index (χ1n) is 4.34. The van der Waals surface area contributed by atoms with Crippen molar-refractivity contribution in [1.29, 1.82) is 0 Å². The Bertz CT molecular complexity index is 468. The Kier molecular flexibility index (Phi) is 2.13. The Morgan fingerprint density at radius 3 is 2.86 bits per heavy atom. The average Bonchev–Trinajstić information content (AvgIpc) is 2.16. The molecule has 0 amide bonds. The van der Waals surface area contributed by atoms with Crippen molar-refractivity contribution in [3.63, 3.8) is 0 Å². The molecule has 1 unspecified atom stereocenters. The Labute approximate surface area is 80.8 Å². The summed E-state index contributed by atoms with van der Waals surface area (Å²) < 4.78 is 13.0. The molecule has 2 rings (SSSR count). The maximum Gasteiger partial charge on any atom is 0.124 e. The minimum absolute atomic E-state index is 0.220. The quantitative estimate of drug-likeness (QED) is 0.747. The number of nitrogens with two attached hydrogens (primary N) is 1. The molecule has 0 aliphatic rings. The van der Waals surface area contributed by atoms with E-state index in [0.29, 0.717) is 16.6 Å². The third-order valence-corrected chi connectivity index (χ3v) is 2.06. The van der Waals surface area contributed by atoms with E-state index in [1.807, 2.05) is 6.92 Å². The number of hydrogen-bond acceptors (Lipinski definition) is 3. The van der Waals surface area contributed by atoms with E-state index in [9.17, 15) is 4.39 Å². The molecule has 0 saturated carbocycles. The van der Waals surface area contributed by atoms with Gasteiger partial charge >= 0.3 is 0 Å². The second-order valence-electron chi connectivity index (χ2n) is 3.21. The van der Waals surface area contributed by atoms with Crippen LogP contribution in [-0.4, -0.2) is 9.97 Å². The molecule has 0 aliphatic heterocycles. The molecule has 2 aromatic rings. The first-order chi connectivity index (χ1) is 6.68. The van der Waals surface area contributed by atoms with Crippen LogP contribution in [0.25, 0.3) is 10.9 Å². The average molecular weight is 191 g/mol. The molecule has 2 N–H and O–H groups in total. The molecule has 0 aliphatic carbocycles. The fourth-order valence-electron chi connectivity index (χ4n) is 1.41. The molecule has 1 aromatic heterocycles. The van der Waals surface area contributed by atoms with Crippen LogP contribution in [0.5, 0.6) is 0 Å². The second-order valence-corrected chi connectivity index (χ2v) is 3.21. The summed E-state index contributed by atoms with van der Waals surface area (Å²) in [5, 5.41) is 0.683. The molecule has 4 heteroatoms. The second kappa shape index (κ2) is 3.31. The Hall–Kier alpha value is -1.55. The maximum atomic E-state index is 13.0. The molecule has 72 valence electrons. The summed E-state index contributed by atoms with van der Waals surface area (Å²) in [4.78, 5) is 8.08. The van der Waals surface area contributed by atoms with Crippen molar-refractivity contribution in [2.45, 2.75) is 13.0 Å². The molecule has 1 atom stereocenters. The molecule has 0 fully saturated rings. The minimum atomic E-state index is -0.297. The summed E-state index contributed by atoms with van der Waals surface area (Å²) in [5.74, 6) is -0.297. The van der Waals surface area contributed by atoms with Gasteiger partial charge in [0.1, 0.15) is 12.1 Å². The van der Waals surface area contributed by atoms with Crippen molar-refractivity contribution in [3.05, 3.63) is 36.0 Å². The minimum Gasteiger partial charge on any atom is -0.323 e. The lowest BCUT2D eigenvalue weighted by Crippen LogP contribution is -2.08. The highest BCUT2D eigenvalue weighted by Crippen LogP contribution is 2.19. The Balaban J connectivity index is 2.77. The predicted molar refractivity (Wildman–Crippen MR) is 52.1 cm³/mol. The van der Waals surface area contributed by atoms with Gasteiger partial charge in [-0.3, -0.25) is 0 Å². The van der Waals surface area contributed by atoms with E-state index in [1.165, 1.54) is 18.5 Å². The predicted octanol–water partition coefficient (Wildman–Crippen LogP) is 1.79. The van der Waals surface area contributed by atoms with Crippen molar-refractivity contribution in [2.24, 2.45) is 5.73 Å². The molecule has 0 bridgehead atoms. The topological polar surface area (TPSA) is 51.8 Å². The lowest BCUT2D eigenvalue weighted by atomic mass is 10.1. The smallest absolute Gasteiger partial charge is 0.124 e. The van der Waals surface area contributed by atoms with Crippen LogP contribution in [0.1, 0.15) is 18.7 Å². The van der Waals surface area contributed by atoms with Gasteiger partial charge in [-0.2, -0.15) is 0 Å². The van der Waals surface area contributed by atoms with Gasteiger partial charge in [0.25, 0.3) is 0 Å². The summed E-state index contributed by atoms with van der Waals surface area (Å²) >= 11 is 0. The zero-order valence-corrected chi connectivity index (χ0v) is 7.74. The van der Waals surface area contributed by atoms with Crippen LogP contribution in [0.4, 0.5) is 4.39 Å².